The molecular weight excluding hydrogens is 781 g/mol. The van der Waals surface area contributed by atoms with Crippen molar-refractivity contribution in [2.24, 2.45) is 0 Å². The van der Waals surface area contributed by atoms with Gasteiger partial charge in [-0.1, -0.05) is 192 Å². The summed E-state index contributed by atoms with van der Waals surface area (Å²) in [5.74, 6) is 2.37. The van der Waals surface area contributed by atoms with E-state index in [-0.39, 0.29) is 10.8 Å². The average Bonchev–Trinajstić information content (AvgIpc) is 3.84. The van der Waals surface area contributed by atoms with Crippen LogP contribution in [0.1, 0.15) is 177 Å². The van der Waals surface area contributed by atoms with Gasteiger partial charge in [0.1, 0.15) is 5.75 Å². The van der Waals surface area contributed by atoms with Crippen molar-refractivity contribution >= 4 is 11.6 Å². The summed E-state index contributed by atoms with van der Waals surface area (Å²) in [7, 11) is 0. The zero-order valence-corrected chi connectivity index (χ0v) is 40.2. The second kappa shape index (κ2) is 19.4. The molecule has 6 aromatic rings. The summed E-state index contributed by atoms with van der Waals surface area (Å²) in [6, 6.07) is 31.4. The van der Waals surface area contributed by atoms with Crippen LogP contribution in [0.25, 0.3) is 45.0 Å². The molecule has 0 fully saturated rings. The molecule has 8 rings (SSSR count). The van der Waals surface area contributed by atoms with E-state index in [4.69, 9.17) is 15.0 Å². The second-order valence-corrected chi connectivity index (χ2v) is 20.8. The van der Waals surface area contributed by atoms with Gasteiger partial charge in [-0.25, -0.2) is 4.98 Å². The van der Waals surface area contributed by atoms with E-state index >= 15 is 0 Å². The topological polar surface area (TPSA) is 70.9 Å². The molecule has 0 saturated carbocycles. The van der Waals surface area contributed by atoms with E-state index < -0.39 is 0 Å². The Morgan fingerprint density at radius 1 is 0.500 bits per heavy atom. The maximum Gasteiger partial charge on any atom is 0.231 e. The normalized spacial score (nSPS) is 12.9. The van der Waals surface area contributed by atoms with Crippen LogP contribution in [-0.2, 0) is 36.5 Å². The van der Waals surface area contributed by atoms with Gasteiger partial charge in [-0.05, 0) is 117 Å². The van der Waals surface area contributed by atoms with Crippen LogP contribution in [0.15, 0.2) is 84.9 Å². The van der Waals surface area contributed by atoms with Crippen molar-refractivity contribution in [1.29, 1.82) is 0 Å². The third-order valence-electron chi connectivity index (χ3n) is 13.8. The Morgan fingerprint density at radius 2 is 0.922 bits per heavy atom. The second-order valence-electron chi connectivity index (χ2n) is 20.8. The molecule has 0 aliphatic heterocycles. The Kier molecular flexibility index (Phi) is 13.8. The third-order valence-corrected chi connectivity index (χ3v) is 13.8. The summed E-state index contributed by atoms with van der Waals surface area (Å²) in [6.07, 6.45) is 18.6. The summed E-state index contributed by atoms with van der Waals surface area (Å²) in [5.41, 5.74) is 17.6. The molecule has 2 aliphatic carbocycles. The van der Waals surface area contributed by atoms with Crippen LogP contribution in [0.5, 0.6) is 5.75 Å². The number of aryl methyl sites for hydroxylation is 2. The van der Waals surface area contributed by atoms with E-state index in [0.717, 1.165) is 67.0 Å². The Bertz CT molecular complexity index is 2440. The molecule has 5 nitrogen and oxygen atoms in total. The van der Waals surface area contributed by atoms with Crippen molar-refractivity contribution in [3.8, 4) is 50.8 Å². The highest BCUT2D eigenvalue weighted by Crippen LogP contribution is 2.47. The fraction of sp³-hybridized carbons (Fsp3) is 0.441. The number of hydrogen-bond acceptors (Lipinski definition) is 5. The van der Waals surface area contributed by atoms with Gasteiger partial charge in [0.15, 0.2) is 11.6 Å². The van der Waals surface area contributed by atoms with Crippen LogP contribution in [0.2, 0.25) is 0 Å². The molecule has 334 valence electrons. The van der Waals surface area contributed by atoms with E-state index in [1.807, 2.05) is 0 Å². The van der Waals surface area contributed by atoms with Gasteiger partial charge in [-0.15, -0.1) is 0 Å². The number of nitrogens with zero attached hydrogens (tertiary/aromatic N) is 3. The molecule has 0 saturated heterocycles. The molecule has 0 radical (unpaired) electrons. The summed E-state index contributed by atoms with van der Waals surface area (Å²) in [5, 5.41) is 15.5. The first-order chi connectivity index (χ1) is 30.9. The average molecular weight is 853 g/mol. The smallest absolute Gasteiger partial charge is 0.231 e. The molecule has 0 unspecified atom stereocenters. The van der Waals surface area contributed by atoms with Crippen LogP contribution < -0.4 is 5.32 Å². The number of hydrogen-bond donors (Lipinski definition) is 2. The van der Waals surface area contributed by atoms with Crippen molar-refractivity contribution in [1.82, 2.24) is 15.0 Å². The van der Waals surface area contributed by atoms with Gasteiger partial charge in [-0.2, -0.15) is 9.97 Å². The summed E-state index contributed by atoms with van der Waals surface area (Å²) in [4.78, 5) is 16.6. The largest absolute Gasteiger partial charge is 0.507 e. The highest BCUT2D eigenvalue weighted by Gasteiger charge is 2.30. The predicted molar refractivity (Wildman–Crippen MR) is 270 cm³/mol. The van der Waals surface area contributed by atoms with Gasteiger partial charge < -0.3 is 10.4 Å². The van der Waals surface area contributed by atoms with Gasteiger partial charge in [0.2, 0.25) is 5.95 Å². The monoisotopic (exact) mass is 853 g/mol. The van der Waals surface area contributed by atoms with Crippen LogP contribution in [0.4, 0.5) is 11.6 Å². The zero-order chi connectivity index (χ0) is 45.0. The predicted octanol–water partition coefficient (Wildman–Crippen LogP) is 16.2. The summed E-state index contributed by atoms with van der Waals surface area (Å²) < 4.78 is 0. The molecule has 1 heterocycles. The summed E-state index contributed by atoms with van der Waals surface area (Å²) >= 11 is 0. The van der Waals surface area contributed by atoms with Crippen molar-refractivity contribution < 1.29 is 5.11 Å². The minimum Gasteiger partial charge on any atom is -0.507 e. The van der Waals surface area contributed by atoms with E-state index in [9.17, 15) is 5.11 Å². The maximum absolute atomic E-state index is 11.7. The van der Waals surface area contributed by atoms with Crippen LogP contribution >= 0.6 is 0 Å². The first kappa shape index (κ1) is 45.3. The summed E-state index contributed by atoms with van der Waals surface area (Å²) in [6.45, 7) is 17.6. The molecule has 2 aliphatic rings. The standard InChI is InChI=1S/C59H72N4O/c1-9-11-13-15-17-19-25-39-31-33-46-44-29-23-21-27-41(44)35-48(46)52(39)55-61-56(63-57(62-55)60-43-37-50(58(3,4)5)54(64)51(38-43)59(6,7)8)53-40(26-20-18-16-14-12-10-2)32-34-47-45-30-24-22-28-42(45)36-49(47)53/h21-24,27-34,37-38,64H,9-20,25-26,35-36H2,1-8H3,(H,60,61,62,63). The Labute approximate surface area is 384 Å². The fourth-order valence-electron chi connectivity index (χ4n) is 10.3. The number of aromatic hydroxyl groups is 1. The van der Waals surface area contributed by atoms with Gasteiger partial charge in [0.05, 0.1) is 0 Å². The van der Waals surface area contributed by atoms with Crippen molar-refractivity contribution in [2.45, 2.75) is 169 Å². The molecule has 1 aromatic heterocycles. The third kappa shape index (κ3) is 9.70. The molecule has 5 heteroatoms. The van der Waals surface area contributed by atoms with E-state index in [1.165, 1.54) is 131 Å². The zero-order valence-electron chi connectivity index (χ0n) is 40.2. The number of unbranched alkanes of at least 4 members (excludes halogenated alkanes) is 10. The van der Waals surface area contributed by atoms with Crippen molar-refractivity contribution in [3.05, 3.63) is 129 Å². The number of phenols is 1. The lowest BCUT2D eigenvalue weighted by Gasteiger charge is -2.28. The number of nitrogens with one attached hydrogen (secondary N) is 1. The number of benzene rings is 5. The lowest BCUT2D eigenvalue weighted by atomic mass is 9.79. The number of fused-ring (bicyclic) bond motifs is 6. The minimum atomic E-state index is -0.284. The maximum atomic E-state index is 11.7. The Balaban J connectivity index is 1.33. The van der Waals surface area contributed by atoms with Crippen molar-refractivity contribution in [2.75, 3.05) is 5.32 Å². The molecule has 0 amide bonds. The highest BCUT2D eigenvalue weighted by atomic mass is 16.3. The molecule has 0 spiro atoms. The molecule has 2 N–H and O–H groups in total. The van der Waals surface area contributed by atoms with Crippen LogP contribution in [-0.4, -0.2) is 20.1 Å². The highest BCUT2D eigenvalue weighted by molar-refractivity contribution is 5.87. The van der Waals surface area contributed by atoms with Gasteiger partial charge >= 0.3 is 0 Å². The SMILES string of the molecule is CCCCCCCCc1ccc2c(c1-c1nc(Nc3cc(C(C)(C)C)c(O)c(C(C)(C)C)c3)nc(-c3c(CCCCCCCC)ccc4c3Cc3ccccc3-4)n1)Cc1ccccc1-2. The van der Waals surface area contributed by atoms with E-state index in [0.29, 0.717) is 11.7 Å². The number of aromatic nitrogens is 3. The molecule has 0 atom stereocenters. The number of rotatable bonds is 18. The minimum absolute atomic E-state index is 0.284. The first-order valence-electron chi connectivity index (χ1n) is 24.7. The van der Waals surface area contributed by atoms with Crippen LogP contribution in [0, 0.1) is 0 Å². The lowest BCUT2D eigenvalue weighted by Crippen LogP contribution is -2.18. The molecule has 64 heavy (non-hydrogen) atoms. The molecular formula is C59H72N4O. The fourth-order valence-corrected chi connectivity index (χ4v) is 10.3. The van der Waals surface area contributed by atoms with Gasteiger partial charge in [0.25, 0.3) is 0 Å². The Hall–Kier alpha value is -5.29. The Morgan fingerprint density at radius 3 is 1.36 bits per heavy atom. The van der Waals surface area contributed by atoms with Gasteiger partial charge in [-0.3, -0.25) is 0 Å². The number of anilines is 2. The van der Waals surface area contributed by atoms with Crippen LogP contribution in [0.3, 0.4) is 0 Å². The first-order valence-corrected chi connectivity index (χ1v) is 24.7. The quantitative estimate of drug-likeness (QED) is 0.0665. The van der Waals surface area contributed by atoms with E-state index in [1.54, 1.807) is 0 Å². The van der Waals surface area contributed by atoms with Gasteiger partial charge in [0, 0.05) is 27.9 Å². The molecule has 5 aromatic carbocycles. The van der Waals surface area contributed by atoms with Crippen molar-refractivity contribution in [3.63, 3.8) is 0 Å². The van der Waals surface area contributed by atoms with E-state index in [2.05, 4.69) is 146 Å². The molecule has 0 bridgehead atoms. The lowest BCUT2D eigenvalue weighted by molar-refractivity contribution is 0.423. The number of phenolic OH excluding ortho intramolecular Hbond substituents is 1.